The topological polar surface area (TPSA) is 30.5 Å². The molecule has 19 heavy (non-hydrogen) atoms. The van der Waals surface area contributed by atoms with E-state index in [1.54, 1.807) is 0 Å². The fourth-order valence-electron chi connectivity index (χ4n) is 3.89. The molecule has 3 unspecified atom stereocenters. The monoisotopic (exact) mass is 269 g/mol. The average Bonchev–Trinajstić information content (AvgIpc) is 2.86. The zero-order valence-corrected chi connectivity index (χ0v) is 13.3. The zero-order chi connectivity index (χ0) is 14.1. The Labute approximate surface area is 118 Å². The SMILES string of the molecule is CCCNC(C1CCCO1)C1CC(C)(C)OC1(C)C. The Bertz CT molecular complexity index is 295. The third-order valence-electron chi connectivity index (χ3n) is 4.57. The summed E-state index contributed by atoms with van der Waals surface area (Å²) in [4.78, 5) is 0. The lowest BCUT2D eigenvalue weighted by Gasteiger charge is -2.36. The van der Waals surface area contributed by atoms with E-state index in [1.807, 2.05) is 0 Å². The fraction of sp³-hybridized carbons (Fsp3) is 1.00. The van der Waals surface area contributed by atoms with Crippen molar-refractivity contribution >= 4 is 0 Å². The molecule has 0 saturated carbocycles. The number of rotatable bonds is 5. The molecule has 0 spiro atoms. The number of hydrogen-bond acceptors (Lipinski definition) is 3. The van der Waals surface area contributed by atoms with Gasteiger partial charge >= 0.3 is 0 Å². The third kappa shape index (κ3) is 3.50. The van der Waals surface area contributed by atoms with E-state index in [2.05, 4.69) is 39.9 Å². The smallest absolute Gasteiger partial charge is 0.0732 e. The van der Waals surface area contributed by atoms with Gasteiger partial charge in [0.15, 0.2) is 0 Å². The molecule has 2 aliphatic rings. The van der Waals surface area contributed by atoms with Crippen molar-refractivity contribution in [1.29, 1.82) is 0 Å². The van der Waals surface area contributed by atoms with Gasteiger partial charge in [0.2, 0.25) is 0 Å². The van der Waals surface area contributed by atoms with Crippen LogP contribution in [0.3, 0.4) is 0 Å². The molecule has 0 aromatic rings. The van der Waals surface area contributed by atoms with Crippen molar-refractivity contribution in [2.24, 2.45) is 5.92 Å². The van der Waals surface area contributed by atoms with Crippen LogP contribution in [0.4, 0.5) is 0 Å². The molecule has 0 bridgehead atoms. The maximum atomic E-state index is 6.27. The second-order valence-corrected chi connectivity index (χ2v) is 7.31. The molecule has 3 nitrogen and oxygen atoms in total. The van der Waals surface area contributed by atoms with Gasteiger partial charge in [0.1, 0.15) is 0 Å². The van der Waals surface area contributed by atoms with Gasteiger partial charge in [-0.05, 0) is 59.9 Å². The van der Waals surface area contributed by atoms with Crippen LogP contribution in [0.25, 0.3) is 0 Å². The van der Waals surface area contributed by atoms with Crippen molar-refractivity contribution in [3.8, 4) is 0 Å². The predicted octanol–water partition coefficient (Wildman–Crippen LogP) is 3.13. The Balaban J connectivity index is 2.12. The molecule has 0 aromatic heterocycles. The van der Waals surface area contributed by atoms with Gasteiger partial charge in [0.25, 0.3) is 0 Å². The van der Waals surface area contributed by atoms with Gasteiger partial charge in [-0.1, -0.05) is 6.92 Å². The zero-order valence-electron chi connectivity index (χ0n) is 13.3. The Kier molecular flexibility index (Phi) is 4.59. The van der Waals surface area contributed by atoms with Gasteiger partial charge in [0, 0.05) is 18.6 Å². The summed E-state index contributed by atoms with van der Waals surface area (Å²) in [5.41, 5.74) is -0.0836. The summed E-state index contributed by atoms with van der Waals surface area (Å²) in [7, 11) is 0. The molecule has 0 radical (unpaired) electrons. The minimum absolute atomic E-state index is 0.0150. The van der Waals surface area contributed by atoms with Crippen LogP contribution in [0.15, 0.2) is 0 Å². The normalized spacial score (nSPS) is 34.6. The van der Waals surface area contributed by atoms with Crippen LogP contribution in [-0.4, -0.2) is 36.5 Å². The fourth-order valence-corrected chi connectivity index (χ4v) is 3.89. The highest BCUT2D eigenvalue weighted by atomic mass is 16.5. The third-order valence-corrected chi connectivity index (χ3v) is 4.57. The van der Waals surface area contributed by atoms with Crippen molar-refractivity contribution in [2.75, 3.05) is 13.2 Å². The quantitative estimate of drug-likeness (QED) is 0.832. The van der Waals surface area contributed by atoms with Gasteiger partial charge in [-0.3, -0.25) is 0 Å². The van der Waals surface area contributed by atoms with Crippen molar-refractivity contribution in [1.82, 2.24) is 5.32 Å². The lowest BCUT2D eigenvalue weighted by atomic mass is 9.79. The van der Waals surface area contributed by atoms with E-state index >= 15 is 0 Å². The molecular weight excluding hydrogens is 238 g/mol. The summed E-state index contributed by atoms with van der Waals surface area (Å²) in [6, 6.07) is 0.430. The average molecular weight is 269 g/mol. The summed E-state index contributed by atoms with van der Waals surface area (Å²) in [5, 5.41) is 3.74. The van der Waals surface area contributed by atoms with Gasteiger partial charge < -0.3 is 14.8 Å². The van der Waals surface area contributed by atoms with Crippen LogP contribution in [0, 0.1) is 5.92 Å². The second-order valence-electron chi connectivity index (χ2n) is 7.31. The minimum atomic E-state index is -0.0686. The molecule has 0 aliphatic carbocycles. The van der Waals surface area contributed by atoms with Crippen LogP contribution in [0.5, 0.6) is 0 Å². The van der Waals surface area contributed by atoms with E-state index in [0.29, 0.717) is 18.1 Å². The molecule has 0 amide bonds. The highest BCUT2D eigenvalue weighted by Crippen LogP contribution is 2.45. The first-order valence-corrected chi connectivity index (χ1v) is 7.91. The number of ether oxygens (including phenoxy) is 2. The van der Waals surface area contributed by atoms with E-state index in [4.69, 9.17) is 9.47 Å². The van der Waals surface area contributed by atoms with Gasteiger partial charge in [-0.15, -0.1) is 0 Å². The Hall–Kier alpha value is -0.120. The van der Waals surface area contributed by atoms with Crippen molar-refractivity contribution in [3.05, 3.63) is 0 Å². The summed E-state index contributed by atoms with van der Waals surface area (Å²) in [5.74, 6) is 0.525. The lowest BCUT2D eigenvalue weighted by molar-refractivity contribution is -0.0833. The van der Waals surface area contributed by atoms with Gasteiger partial charge in [-0.2, -0.15) is 0 Å². The van der Waals surface area contributed by atoms with Crippen LogP contribution in [-0.2, 0) is 9.47 Å². The Morgan fingerprint density at radius 2 is 2.00 bits per heavy atom. The van der Waals surface area contributed by atoms with Crippen LogP contribution < -0.4 is 5.32 Å². The molecule has 2 aliphatic heterocycles. The number of hydrogen-bond donors (Lipinski definition) is 1. The van der Waals surface area contributed by atoms with Gasteiger partial charge in [-0.25, -0.2) is 0 Å². The molecule has 2 rings (SSSR count). The Morgan fingerprint density at radius 1 is 1.26 bits per heavy atom. The van der Waals surface area contributed by atoms with E-state index in [0.717, 1.165) is 19.6 Å². The van der Waals surface area contributed by atoms with Crippen molar-refractivity contribution < 1.29 is 9.47 Å². The van der Waals surface area contributed by atoms with E-state index in [9.17, 15) is 0 Å². The first-order chi connectivity index (χ1) is 8.86. The van der Waals surface area contributed by atoms with Gasteiger partial charge in [0.05, 0.1) is 17.3 Å². The minimum Gasteiger partial charge on any atom is -0.377 e. The predicted molar refractivity (Wildman–Crippen MR) is 78.4 cm³/mol. The van der Waals surface area contributed by atoms with E-state index in [-0.39, 0.29) is 11.2 Å². The standard InChI is InChI=1S/C16H31NO2/c1-6-9-17-14(13-8-7-10-18-13)12-11-15(2,3)19-16(12,4)5/h12-14,17H,6-11H2,1-5H3. The number of nitrogens with one attached hydrogen (secondary N) is 1. The highest BCUT2D eigenvalue weighted by Gasteiger charge is 2.51. The maximum Gasteiger partial charge on any atom is 0.0732 e. The second kappa shape index (κ2) is 5.71. The van der Waals surface area contributed by atoms with Crippen LogP contribution in [0.1, 0.15) is 60.3 Å². The molecule has 3 heteroatoms. The largest absolute Gasteiger partial charge is 0.377 e. The molecule has 2 heterocycles. The molecule has 3 atom stereocenters. The summed E-state index contributed by atoms with van der Waals surface area (Å²) >= 11 is 0. The lowest BCUT2D eigenvalue weighted by Crippen LogP contribution is -2.51. The summed E-state index contributed by atoms with van der Waals surface area (Å²) in [6.07, 6.45) is 5.04. The van der Waals surface area contributed by atoms with E-state index in [1.165, 1.54) is 19.3 Å². The molecule has 112 valence electrons. The summed E-state index contributed by atoms with van der Waals surface area (Å²) < 4.78 is 12.2. The molecule has 0 aromatic carbocycles. The highest BCUT2D eigenvalue weighted by molar-refractivity contribution is 5.02. The molecular formula is C16H31NO2. The van der Waals surface area contributed by atoms with Crippen LogP contribution in [0.2, 0.25) is 0 Å². The molecule has 1 N–H and O–H groups in total. The Morgan fingerprint density at radius 3 is 2.47 bits per heavy atom. The van der Waals surface area contributed by atoms with E-state index < -0.39 is 0 Å². The first kappa shape index (κ1) is 15.3. The van der Waals surface area contributed by atoms with Crippen molar-refractivity contribution in [2.45, 2.75) is 83.6 Å². The van der Waals surface area contributed by atoms with Crippen molar-refractivity contribution in [3.63, 3.8) is 0 Å². The maximum absolute atomic E-state index is 6.27. The van der Waals surface area contributed by atoms with Crippen LogP contribution >= 0.6 is 0 Å². The molecule has 2 fully saturated rings. The summed E-state index contributed by atoms with van der Waals surface area (Å²) in [6.45, 7) is 13.1. The first-order valence-electron chi connectivity index (χ1n) is 7.91. The molecule has 2 saturated heterocycles.